The Kier molecular flexibility index (Phi) is 4.66. The van der Waals surface area contributed by atoms with Crippen LogP contribution in [0.5, 0.6) is 11.6 Å². The predicted molar refractivity (Wildman–Crippen MR) is 103 cm³/mol. The van der Waals surface area contributed by atoms with E-state index < -0.39 is 10.0 Å². The highest BCUT2D eigenvalue weighted by Gasteiger charge is 2.20. The van der Waals surface area contributed by atoms with Crippen LogP contribution in [-0.4, -0.2) is 24.3 Å². The maximum atomic E-state index is 12.8. The highest BCUT2D eigenvalue weighted by Crippen LogP contribution is 2.28. The number of ether oxygens (including phenoxy) is 1. The Labute approximate surface area is 161 Å². The molecule has 0 bridgehead atoms. The average Bonchev–Trinajstić information content (AvgIpc) is 2.68. The lowest BCUT2D eigenvalue weighted by molar-refractivity contribution is -0.116. The van der Waals surface area contributed by atoms with E-state index in [-0.39, 0.29) is 10.8 Å². The van der Waals surface area contributed by atoms with Crippen LogP contribution in [0.1, 0.15) is 12.0 Å². The van der Waals surface area contributed by atoms with Crippen molar-refractivity contribution in [3.63, 3.8) is 0 Å². The monoisotopic (exact) mass is 396 g/mol. The predicted octanol–water partition coefficient (Wildman–Crippen LogP) is 2.95. The second-order valence-corrected chi connectivity index (χ2v) is 7.83. The molecule has 1 aliphatic heterocycles. The van der Waals surface area contributed by atoms with Crippen molar-refractivity contribution in [1.29, 1.82) is 0 Å². The van der Waals surface area contributed by atoms with Crippen LogP contribution < -0.4 is 14.8 Å². The average molecular weight is 396 g/mol. The number of amides is 1. The quantitative estimate of drug-likeness (QED) is 0.686. The minimum atomic E-state index is -3.80. The SMILES string of the molecule is O=C1CCc2cc(S(=O)(=O)Nc3cccc(Oc4cnccn4)c3)ccc2N1. The molecule has 8 nitrogen and oxygen atoms in total. The topological polar surface area (TPSA) is 110 Å². The van der Waals surface area contributed by atoms with E-state index in [1.807, 2.05) is 0 Å². The smallest absolute Gasteiger partial charge is 0.261 e. The molecule has 4 rings (SSSR count). The van der Waals surface area contributed by atoms with Gasteiger partial charge in [0.05, 0.1) is 16.8 Å². The maximum Gasteiger partial charge on any atom is 0.261 e. The first-order chi connectivity index (χ1) is 13.5. The van der Waals surface area contributed by atoms with Crippen molar-refractivity contribution in [2.75, 3.05) is 10.0 Å². The molecule has 3 aromatic rings. The summed E-state index contributed by atoms with van der Waals surface area (Å²) in [6.45, 7) is 0. The molecule has 0 atom stereocenters. The maximum absolute atomic E-state index is 12.8. The van der Waals surface area contributed by atoms with Crippen LogP contribution in [0, 0.1) is 0 Å². The van der Waals surface area contributed by atoms with Crippen molar-refractivity contribution in [2.45, 2.75) is 17.7 Å². The number of hydrogen-bond donors (Lipinski definition) is 2. The highest BCUT2D eigenvalue weighted by atomic mass is 32.2. The number of nitrogens with one attached hydrogen (secondary N) is 2. The van der Waals surface area contributed by atoms with E-state index in [1.54, 1.807) is 36.4 Å². The molecule has 142 valence electrons. The summed E-state index contributed by atoms with van der Waals surface area (Å²) in [7, 11) is -3.80. The third-order valence-electron chi connectivity index (χ3n) is 4.13. The highest BCUT2D eigenvalue weighted by molar-refractivity contribution is 7.92. The van der Waals surface area contributed by atoms with Gasteiger partial charge in [-0.05, 0) is 42.3 Å². The number of fused-ring (bicyclic) bond motifs is 1. The Morgan fingerprint density at radius 3 is 2.79 bits per heavy atom. The molecule has 0 fully saturated rings. The van der Waals surface area contributed by atoms with Crippen LogP contribution in [0.25, 0.3) is 0 Å². The molecule has 0 spiro atoms. The summed E-state index contributed by atoms with van der Waals surface area (Å²) >= 11 is 0. The van der Waals surface area contributed by atoms with E-state index in [1.165, 1.54) is 24.7 Å². The molecule has 0 aliphatic carbocycles. The summed E-state index contributed by atoms with van der Waals surface area (Å²) in [6.07, 6.45) is 5.34. The van der Waals surface area contributed by atoms with Gasteiger partial charge in [0.25, 0.3) is 10.0 Å². The van der Waals surface area contributed by atoms with E-state index in [0.717, 1.165) is 5.56 Å². The number of carbonyl (C=O) groups excluding carboxylic acids is 1. The summed E-state index contributed by atoms with van der Waals surface area (Å²) in [5.74, 6) is 0.661. The molecule has 1 aliphatic rings. The summed E-state index contributed by atoms with van der Waals surface area (Å²) in [4.78, 5) is 19.5. The van der Waals surface area contributed by atoms with Crippen molar-refractivity contribution >= 4 is 27.3 Å². The Balaban J connectivity index is 1.55. The Bertz CT molecular complexity index is 1130. The zero-order valence-electron chi connectivity index (χ0n) is 14.6. The van der Waals surface area contributed by atoms with Gasteiger partial charge in [0, 0.05) is 30.6 Å². The standard InChI is InChI=1S/C19H16N4O4S/c24-18-7-4-13-10-16(5-6-17(13)22-18)28(25,26)23-14-2-1-3-15(11-14)27-19-12-20-8-9-21-19/h1-3,5-6,8-12,23H,4,7H2,(H,22,24). The molecule has 0 unspecified atom stereocenters. The first-order valence-corrected chi connectivity index (χ1v) is 9.97. The first-order valence-electron chi connectivity index (χ1n) is 8.49. The van der Waals surface area contributed by atoms with E-state index in [2.05, 4.69) is 20.0 Å². The Morgan fingerprint density at radius 2 is 1.96 bits per heavy atom. The minimum absolute atomic E-state index is 0.0684. The summed E-state index contributed by atoms with van der Waals surface area (Å²) < 4.78 is 33.6. The van der Waals surface area contributed by atoms with Gasteiger partial charge in [0.1, 0.15) is 5.75 Å². The van der Waals surface area contributed by atoms with Crippen LogP contribution in [0.3, 0.4) is 0 Å². The van der Waals surface area contributed by atoms with E-state index in [4.69, 9.17) is 4.74 Å². The molecule has 2 heterocycles. The van der Waals surface area contributed by atoms with Gasteiger partial charge in [-0.1, -0.05) is 6.07 Å². The van der Waals surface area contributed by atoms with Crippen LogP contribution in [0.15, 0.2) is 66.0 Å². The van der Waals surface area contributed by atoms with Crippen molar-refractivity contribution in [2.24, 2.45) is 0 Å². The summed E-state index contributed by atoms with van der Waals surface area (Å²) in [5.41, 5.74) is 1.80. The van der Waals surface area contributed by atoms with Crippen LogP contribution in [0.4, 0.5) is 11.4 Å². The Hall–Kier alpha value is -3.46. The number of rotatable bonds is 5. The number of hydrogen-bond acceptors (Lipinski definition) is 6. The van der Waals surface area contributed by atoms with Gasteiger partial charge in [-0.15, -0.1) is 0 Å². The lowest BCUT2D eigenvalue weighted by Crippen LogP contribution is -2.20. The zero-order valence-corrected chi connectivity index (χ0v) is 15.4. The number of aryl methyl sites for hydroxylation is 1. The van der Waals surface area contributed by atoms with Crippen LogP contribution >= 0.6 is 0 Å². The molecule has 0 saturated carbocycles. The van der Waals surface area contributed by atoms with Gasteiger partial charge < -0.3 is 10.1 Å². The fourth-order valence-corrected chi connectivity index (χ4v) is 3.92. The molecule has 1 aromatic heterocycles. The van der Waals surface area contributed by atoms with Gasteiger partial charge in [-0.3, -0.25) is 14.5 Å². The van der Waals surface area contributed by atoms with Crippen molar-refractivity contribution in [1.82, 2.24) is 9.97 Å². The molecule has 9 heteroatoms. The van der Waals surface area contributed by atoms with Crippen molar-refractivity contribution in [3.8, 4) is 11.6 Å². The minimum Gasteiger partial charge on any atom is -0.437 e. The largest absolute Gasteiger partial charge is 0.437 e. The van der Waals surface area contributed by atoms with E-state index in [9.17, 15) is 13.2 Å². The van der Waals surface area contributed by atoms with Crippen LogP contribution in [0.2, 0.25) is 0 Å². The number of anilines is 2. The fourth-order valence-electron chi connectivity index (χ4n) is 2.82. The lowest BCUT2D eigenvalue weighted by atomic mass is 10.0. The van der Waals surface area contributed by atoms with Gasteiger partial charge in [0.2, 0.25) is 11.8 Å². The number of nitrogens with zero attached hydrogens (tertiary/aromatic N) is 2. The number of benzene rings is 2. The first kappa shape index (κ1) is 17.9. The zero-order chi connectivity index (χ0) is 19.6. The second-order valence-electron chi connectivity index (χ2n) is 6.15. The fraction of sp³-hybridized carbons (Fsp3) is 0.105. The van der Waals surface area contributed by atoms with Crippen molar-refractivity contribution < 1.29 is 17.9 Å². The molecular formula is C19H16N4O4S. The third-order valence-corrected chi connectivity index (χ3v) is 5.51. The number of aromatic nitrogens is 2. The normalized spacial score (nSPS) is 13.4. The molecule has 2 aromatic carbocycles. The molecule has 2 N–H and O–H groups in total. The van der Waals surface area contributed by atoms with Gasteiger partial charge >= 0.3 is 0 Å². The summed E-state index contributed by atoms with van der Waals surface area (Å²) in [6, 6.07) is 11.2. The molecular weight excluding hydrogens is 380 g/mol. The molecule has 0 radical (unpaired) electrons. The third kappa shape index (κ3) is 3.94. The van der Waals surface area contributed by atoms with Gasteiger partial charge in [0.15, 0.2) is 0 Å². The van der Waals surface area contributed by atoms with Gasteiger partial charge in [-0.25, -0.2) is 13.4 Å². The summed E-state index contributed by atoms with van der Waals surface area (Å²) in [5, 5.41) is 2.74. The second kappa shape index (κ2) is 7.28. The van der Waals surface area contributed by atoms with E-state index >= 15 is 0 Å². The molecule has 28 heavy (non-hydrogen) atoms. The van der Waals surface area contributed by atoms with Crippen molar-refractivity contribution in [3.05, 3.63) is 66.6 Å². The lowest BCUT2D eigenvalue weighted by Gasteiger charge is -2.18. The van der Waals surface area contributed by atoms with Crippen LogP contribution in [-0.2, 0) is 21.2 Å². The van der Waals surface area contributed by atoms with Gasteiger partial charge in [-0.2, -0.15) is 0 Å². The Morgan fingerprint density at radius 1 is 1.07 bits per heavy atom. The number of carbonyl (C=O) groups is 1. The molecule has 1 amide bonds. The van der Waals surface area contributed by atoms with E-state index in [0.29, 0.717) is 35.8 Å². The number of sulfonamides is 1. The molecule has 0 saturated heterocycles.